The molecule has 0 aliphatic carbocycles. The van der Waals surface area contributed by atoms with Crippen LogP contribution in [0.15, 0.2) is 20.4 Å². The first-order valence-corrected chi connectivity index (χ1v) is 4.20. The molecule has 0 bridgehead atoms. The van der Waals surface area contributed by atoms with Crippen molar-refractivity contribution in [2.24, 2.45) is 7.05 Å². The number of aryl methyl sites for hydroxylation is 1. The highest BCUT2D eigenvalue weighted by Crippen LogP contribution is 2.02. The van der Waals surface area contributed by atoms with Gasteiger partial charge in [0.15, 0.2) is 5.65 Å². The van der Waals surface area contributed by atoms with Gasteiger partial charge < -0.3 is 4.52 Å². The molecule has 2 aromatic heterocycles. The molecule has 0 atom stereocenters. The quantitative estimate of drug-likeness (QED) is 0.626. The lowest BCUT2D eigenvalue weighted by Crippen LogP contribution is -2.38. The minimum atomic E-state index is -0.376. The third-order valence-electron chi connectivity index (χ3n) is 2.18. The van der Waals surface area contributed by atoms with Crippen LogP contribution in [0.1, 0.15) is 6.92 Å². The number of hydrogen-bond acceptors (Lipinski definition) is 4. The molecule has 0 radical (unpaired) electrons. The topological polar surface area (TPSA) is 70.0 Å². The highest BCUT2D eigenvalue weighted by molar-refractivity contribution is 5.71. The fraction of sp³-hybridized carbons (Fsp3) is 0.375. The van der Waals surface area contributed by atoms with Crippen molar-refractivity contribution in [3.05, 3.63) is 27.1 Å². The maximum absolute atomic E-state index is 11.6. The molecule has 0 aliphatic heterocycles. The molecule has 0 fully saturated rings. The molecule has 0 aliphatic rings. The van der Waals surface area contributed by atoms with E-state index in [2.05, 4.69) is 9.68 Å². The Balaban J connectivity index is 3.10. The second-order valence-electron chi connectivity index (χ2n) is 2.94. The average Bonchev–Trinajstić information content (AvgIpc) is 2.64. The largest absolute Gasteiger partial charge is 0.362 e. The van der Waals surface area contributed by atoms with Crippen LogP contribution < -0.4 is 11.2 Å². The van der Waals surface area contributed by atoms with Crippen LogP contribution in [0.4, 0.5) is 0 Å². The van der Waals surface area contributed by atoms with E-state index in [1.165, 1.54) is 10.8 Å². The van der Waals surface area contributed by atoms with Crippen LogP contribution in [0.5, 0.6) is 0 Å². The maximum atomic E-state index is 11.6. The van der Waals surface area contributed by atoms with Crippen molar-refractivity contribution >= 4 is 11.0 Å². The second-order valence-corrected chi connectivity index (χ2v) is 2.94. The zero-order valence-electron chi connectivity index (χ0n) is 7.85. The van der Waals surface area contributed by atoms with E-state index >= 15 is 0 Å². The summed E-state index contributed by atoms with van der Waals surface area (Å²) in [6, 6.07) is 0. The summed E-state index contributed by atoms with van der Waals surface area (Å²) in [5.74, 6) is 0. The minimum Gasteiger partial charge on any atom is -0.362 e. The normalized spacial score (nSPS) is 11.0. The summed E-state index contributed by atoms with van der Waals surface area (Å²) in [5.41, 5.74) is -0.449. The Morgan fingerprint density at radius 2 is 2.21 bits per heavy atom. The van der Waals surface area contributed by atoms with E-state index in [-0.39, 0.29) is 16.9 Å². The van der Waals surface area contributed by atoms with Gasteiger partial charge >= 0.3 is 5.69 Å². The molecule has 2 rings (SSSR count). The van der Waals surface area contributed by atoms with Gasteiger partial charge in [0.2, 0.25) is 0 Å². The summed E-state index contributed by atoms with van der Waals surface area (Å²) < 4.78 is 7.09. The van der Waals surface area contributed by atoms with Crippen LogP contribution in [0.3, 0.4) is 0 Å². The zero-order chi connectivity index (χ0) is 10.3. The molecule has 6 nitrogen and oxygen atoms in total. The van der Waals surface area contributed by atoms with Crippen molar-refractivity contribution in [3.8, 4) is 0 Å². The predicted octanol–water partition coefficient (Wildman–Crippen LogP) is -0.292. The molecule has 6 heteroatoms. The summed E-state index contributed by atoms with van der Waals surface area (Å²) in [6.45, 7) is 2.08. The van der Waals surface area contributed by atoms with E-state index in [4.69, 9.17) is 0 Å². The van der Waals surface area contributed by atoms with Crippen molar-refractivity contribution in [1.82, 2.24) is 14.3 Å². The van der Waals surface area contributed by atoms with Gasteiger partial charge in [-0.3, -0.25) is 13.9 Å². The van der Waals surface area contributed by atoms with Crippen LogP contribution in [0, 0.1) is 0 Å². The van der Waals surface area contributed by atoms with Gasteiger partial charge in [-0.2, -0.15) is 0 Å². The number of rotatable bonds is 1. The SMILES string of the molecule is CCn1c(=O)c2conc2n(C)c1=O. The lowest BCUT2D eigenvalue weighted by molar-refractivity contribution is 0.424. The average molecular weight is 195 g/mol. The molecule has 0 spiro atoms. The molecule has 0 amide bonds. The molecule has 0 saturated heterocycles. The summed E-state index contributed by atoms with van der Waals surface area (Å²) in [5, 5.41) is 3.92. The minimum absolute atomic E-state index is 0.282. The van der Waals surface area contributed by atoms with Gasteiger partial charge in [-0.25, -0.2) is 4.79 Å². The number of aromatic nitrogens is 3. The molecular formula is C8H9N3O3. The van der Waals surface area contributed by atoms with E-state index in [0.717, 1.165) is 4.57 Å². The Morgan fingerprint density at radius 3 is 2.86 bits per heavy atom. The smallest absolute Gasteiger partial charge is 0.332 e. The Hall–Kier alpha value is -1.85. The van der Waals surface area contributed by atoms with Crippen molar-refractivity contribution in [1.29, 1.82) is 0 Å². The standard InChI is InChI=1S/C8H9N3O3/c1-3-11-7(12)5-4-14-9-6(5)10(2)8(11)13/h4H,3H2,1-2H3. The highest BCUT2D eigenvalue weighted by Gasteiger charge is 2.12. The molecule has 0 unspecified atom stereocenters. The van der Waals surface area contributed by atoms with Crippen LogP contribution >= 0.6 is 0 Å². The van der Waals surface area contributed by atoms with E-state index < -0.39 is 0 Å². The van der Waals surface area contributed by atoms with E-state index in [0.29, 0.717) is 11.9 Å². The Kier molecular flexibility index (Phi) is 1.77. The van der Waals surface area contributed by atoms with Gasteiger partial charge in [0.25, 0.3) is 5.56 Å². The van der Waals surface area contributed by atoms with E-state index in [1.54, 1.807) is 14.0 Å². The van der Waals surface area contributed by atoms with Gasteiger partial charge in [-0.15, -0.1) is 0 Å². The monoisotopic (exact) mass is 195 g/mol. The second kappa shape index (κ2) is 2.83. The number of fused-ring (bicyclic) bond motifs is 1. The van der Waals surface area contributed by atoms with Crippen LogP contribution in [0.2, 0.25) is 0 Å². The first kappa shape index (κ1) is 8.74. The van der Waals surface area contributed by atoms with Gasteiger partial charge in [-0.1, -0.05) is 5.16 Å². The molecule has 2 heterocycles. The van der Waals surface area contributed by atoms with E-state index in [1.807, 2.05) is 0 Å². The van der Waals surface area contributed by atoms with Crippen molar-refractivity contribution in [3.63, 3.8) is 0 Å². The van der Waals surface area contributed by atoms with E-state index in [9.17, 15) is 9.59 Å². The summed E-state index contributed by atoms with van der Waals surface area (Å²) in [6.07, 6.45) is 1.25. The first-order valence-electron chi connectivity index (χ1n) is 4.20. The summed E-state index contributed by atoms with van der Waals surface area (Å²) >= 11 is 0. The van der Waals surface area contributed by atoms with Crippen LogP contribution in [-0.2, 0) is 13.6 Å². The molecule has 0 saturated carbocycles. The number of hydrogen-bond donors (Lipinski definition) is 0. The summed E-state index contributed by atoms with van der Waals surface area (Å²) in [7, 11) is 1.55. The van der Waals surface area contributed by atoms with Gasteiger partial charge in [0, 0.05) is 13.6 Å². The van der Waals surface area contributed by atoms with Crippen molar-refractivity contribution in [2.75, 3.05) is 0 Å². The van der Waals surface area contributed by atoms with Gasteiger partial charge in [-0.05, 0) is 6.92 Å². The van der Waals surface area contributed by atoms with Gasteiger partial charge in [0.05, 0.1) is 0 Å². The van der Waals surface area contributed by atoms with Crippen LogP contribution in [-0.4, -0.2) is 14.3 Å². The van der Waals surface area contributed by atoms with Crippen LogP contribution in [0.25, 0.3) is 11.0 Å². The fourth-order valence-electron chi connectivity index (χ4n) is 1.40. The molecule has 74 valence electrons. The summed E-state index contributed by atoms with van der Waals surface area (Å²) in [4.78, 5) is 23.2. The molecule has 14 heavy (non-hydrogen) atoms. The van der Waals surface area contributed by atoms with Gasteiger partial charge in [0.1, 0.15) is 11.6 Å². The third kappa shape index (κ3) is 0.935. The third-order valence-corrected chi connectivity index (χ3v) is 2.18. The fourth-order valence-corrected chi connectivity index (χ4v) is 1.40. The molecule has 0 N–H and O–H groups in total. The molecular weight excluding hydrogens is 186 g/mol. The Morgan fingerprint density at radius 1 is 1.50 bits per heavy atom. The first-order chi connectivity index (χ1) is 6.66. The lowest BCUT2D eigenvalue weighted by atomic mass is 10.4. The number of nitrogens with zero attached hydrogens (tertiary/aromatic N) is 3. The van der Waals surface area contributed by atoms with Crippen molar-refractivity contribution < 1.29 is 4.52 Å². The highest BCUT2D eigenvalue weighted by atomic mass is 16.5. The van der Waals surface area contributed by atoms with Crippen molar-refractivity contribution in [2.45, 2.75) is 13.5 Å². The molecule has 0 aromatic carbocycles. The predicted molar refractivity (Wildman–Crippen MR) is 49.2 cm³/mol. The Labute approximate surface area is 78.4 Å². The zero-order valence-corrected chi connectivity index (χ0v) is 7.85. The lowest BCUT2D eigenvalue weighted by Gasteiger charge is -2.03. The molecule has 2 aromatic rings. The Bertz CT molecular complexity index is 590. The maximum Gasteiger partial charge on any atom is 0.332 e.